The Balaban J connectivity index is 0.631. The molecule has 3 amide bonds. The number of nitrogens with two attached hydrogens (primary N) is 1. The minimum atomic E-state index is -0.730. The first kappa shape index (κ1) is 45.1. The number of imide groups is 1. The van der Waals surface area contributed by atoms with E-state index < -0.39 is 23.6 Å². The molecule has 4 N–H and O–H groups in total. The van der Waals surface area contributed by atoms with Gasteiger partial charge in [-0.05, 0) is 88.6 Å². The van der Waals surface area contributed by atoms with Gasteiger partial charge in [-0.15, -0.1) is 0 Å². The molecule has 1 atom stereocenters. The van der Waals surface area contributed by atoms with Crippen molar-refractivity contribution in [3.05, 3.63) is 53.8 Å². The molecule has 9 heterocycles. The largest absolute Gasteiger partial charge is 0.448 e. The first-order chi connectivity index (χ1) is 33.5. The Morgan fingerprint density at radius 2 is 1.62 bits per heavy atom. The van der Waals surface area contributed by atoms with E-state index in [9.17, 15) is 14.4 Å². The molecule has 0 spiro atoms. The van der Waals surface area contributed by atoms with Crippen molar-refractivity contribution in [2.45, 2.75) is 87.7 Å². The highest BCUT2D eigenvalue weighted by molar-refractivity contribution is 6.02. The number of hydrogen-bond acceptors (Lipinski definition) is 17. The van der Waals surface area contributed by atoms with Gasteiger partial charge >= 0.3 is 6.09 Å². The molecule has 364 valence electrons. The van der Waals surface area contributed by atoms with Gasteiger partial charge in [0.1, 0.15) is 47.4 Å². The van der Waals surface area contributed by atoms with E-state index in [1.54, 1.807) is 9.80 Å². The fourth-order valence-corrected chi connectivity index (χ4v) is 10.6. The molecule has 1 saturated carbocycles. The van der Waals surface area contributed by atoms with Crippen LogP contribution in [0.5, 0.6) is 0 Å². The number of nitrogens with zero attached hydrogens (tertiary/aromatic N) is 11. The number of benzene rings is 1. The van der Waals surface area contributed by atoms with Crippen LogP contribution in [0.1, 0.15) is 81.4 Å². The maximum absolute atomic E-state index is 15.3. The Kier molecular flexibility index (Phi) is 12.1. The van der Waals surface area contributed by atoms with Gasteiger partial charge in [0.25, 0.3) is 0 Å². The number of ether oxygens (including phenoxy) is 2. The molecule has 6 fully saturated rings. The molecule has 5 aromatic rings. The fourth-order valence-electron chi connectivity index (χ4n) is 10.6. The van der Waals surface area contributed by atoms with E-state index in [0.29, 0.717) is 111 Å². The Morgan fingerprint density at radius 3 is 2.29 bits per heavy atom. The molecule has 69 heavy (non-hydrogen) atoms. The van der Waals surface area contributed by atoms with Gasteiger partial charge in [-0.3, -0.25) is 24.7 Å². The number of rotatable bonds is 12. The Hall–Kier alpha value is -6.39. The van der Waals surface area contributed by atoms with E-state index in [4.69, 9.17) is 34.8 Å². The fraction of sp³-hybridized carbons (Fsp3) is 0.553. The van der Waals surface area contributed by atoms with Crippen molar-refractivity contribution in [2.24, 2.45) is 0 Å². The van der Waals surface area contributed by atoms with Gasteiger partial charge in [0.2, 0.25) is 11.8 Å². The molecule has 11 rings (SSSR count). The Labute approximate surface area is 396 Å². The SMILES string of the molecule is CC1(n2nc(-c3noc(C4CC4)c3-c3ncc(C4CCN(C(=O)OCCN5CCC(N6CCN(c7c(F)cc(NC8CCC(=O)NC8=O)cc7F)CC6)CC5)CC4)cn3)c3c(N)ncnc32)COC1. The molecule has 5 aliphatic heterocycles. The molecule has 6 aliphatic rings. The molecular formula is C47H56F2N14O6. The van der Waals surface area contributed by atoms with Gasteiger partial charge < -0.3 is 34.8 Å². The van der Waals surface area contributed by atoms with Gasteiger partial charge in [-0.2, -0.15) is 5.10 Å². The summed E-state index contributed by atoms with van der Waals surface area (Å²) in [6.07, 6.45) is 10.7. The monoisotopic (exact) mass is 950 g/mol. The zero-order chi connectivity index (χ0) is 47.4. The number of anilines is 3. The van der Waals surface area contributed by atoms with E-state index in [-0.39, 0.29) is 53.6 Å². The van der Waals surface area contributed by atoms with E-state index in [2.05, 4.69) is 42.5 Å². The van der Waals surface area contributed by atoms with Crippen LogP contribution >= 0.6 is 0 Å². The highest BCUT2D eigenvalue weighted by Gasteiger charge is 2.41. The van der Waals surface area contributed by atoms with Crippen molar-refractivity contribution in [1.82, 2.24) is 54.9 Å². The van der Waals surface area contributed by atoms with Crippen molar-refractivity contribution in [2.75, 3.05) is 94.7 Å². The van der Waals surface area contributed by atoms with Crippen molar-refractivity contribution in [3.63, 3.8) is 0 Å². The summed E-state index contributed by atoms with van der Waals surface area (Å²) in [5.74, 6) is -0.300. The second-order valence-electron chi connectivity index (χ2n) is 19.5. The summed E-state index contributed by atoms with van der Waals surface area (Å²) in [7, 11) is 0. The number of hydrogen-bond donors (Lipinski definition) is 3. The summed E-state index contributed by atoms with van der Waals surface area (Å²) in [6.45, 7) is 9.27. The van der Waals surface area contributed by atoms with E-state index in [0.717, 1.165) is 62.9 Å². The zero-order valence-corrected chi connectivity index (χ0v) is 38.5. The molecular weight excluding hydrogens is 895 g/mol. The highest BCUT2D eigenvalue weighted by atomic mass is 19.1. The predicted octanol–water partition coefficient (Wildman–Crippen LogP) is 4.24. The minimum absolute atomic E-state index is 0.0633. The van der Waals surface area contributed by atoms with Gasteiger partial charge in [-0.25, -0.2) is 38.2 Å². The molecule has 5 saturated heterocycles. The first-order valence-electron chi connectivity index (χ1n) is 24.1. The van der Waals surface area contributed by atoms with Crippen LogP contribution in [0.3, 0.4) is 0 Å². The Morgan fingerprint density at radius 1 is 0.899 bits per heavy atom. The van der Waals surface area contributed by atoms with Crippen LogP contribution < -0.4 is 21.3 Å². The summed E-state index contributed by atoms with van der Waals surface area (Å²) in [5.41, 5.74) is 9.49. The van der Waals surface area contributed by atoms with Crippen LogP contribution in [0.15, 0.2) is 35.4 Å². The van der Waals surface area contributed by atoms with Crippen LogP contribution in [0, 0.1) is 11.6 Å². The molecule has 20 nitrogen and oxygen atoms in total. The Bertz CT molecular complexity index is 2720. The summed E-state index contributed by atoms with van der Waals surface area (Å²) in [4.78, 5) is 63.6. The topological polar surface area (TPSA) is 228 Å². The summed E-state index contributed by atoms with van der Waals surface area (Å²) >= 11 is 0. The normalized spacial score (nSPS) is 21.9. The molecule has 1 aliphatic carbocycles. The molecule has 4 aromatic heterocycles. The van der Waals surface area contributed by atoms with Crippen molar-refractivity contribution >= 4 is 46.1 Å². The maximum Gasteiger partial charge on any atom is 0.409 e. The van der Waals surface area contributed by atoms with Crippen molar-refractivity contribution in [1.29, 1.82) is 0 Å². The number of amides is 3. The van der Waals surface area contributed by atoms with Crippen LogP contribution in [0.4, 0.5) is 30.8 Å². The number of nitrogen functional groups attached to an aromatic ring is 1. The zero-order valence-electron chi connectivity index (χ0n) is 38.5. The average Bonchev–Trinajstić information content (AvgIpc) is 3.97. The van der Waals surface area contributed by atoms with E-state index >= 15 is 8.78 Å². The minimum Gasteiger partial charge on any atom is -0.448 e. The number of piperidine rings is 3. The third kappa shape index (κ3) is 8.93. The predicted molar refractivity (Wildman–Crippen MR) is 247 cm³/mol. The van der Waals surface area contributed by atoms with Crippen LogP contribution in [-0.2, 0) is 24.6 Å². The number of likely N-dealkylation sites (tertiary alicyclic amines) is 2. The number of aromatic nitrogens is 7. The molecule has 0 radical (unpaired) electrons. The molecule has 1 aromatic carbocycles. The number of piperazine rings is 1. The lowest BCUT2D eigenvalue weighted by atomic mass is 9.91. The van der Waals surface area contributed by atoms with E-state index in [1.807, 2.05) is 17.1 Å². The van der Waals surface area contributed by atoms with Crippen LogP contribution in [0.25, 0.3) is 33.8 Å². The average molecular weight is 951 g/mol. The lowest BCUT2D eigenvalue weighted by Crippen LogP contribution is -2.53. The van der Waals surface area contributed by atoms with Crippen LogP contribution in [0.2, 0.25) is 0 Å². The number of carbonyl (C=O) groups excluding carboxylic acids is 3. The van der Waals surface area contributed by atoms with E-state index in [1.165, 1.54) is 18.5 Å². The van der Waals surface area contributed by atoms with Gasteiger partial charge in [0.05, 0.1) is 24.2 Å². The number of carbonyl (C=O) groups is 3. The molecule has 1 unspecified atom stereocenters. The number of halogens is 2. The van der Waals surface area contributed by atoms with Crippen LogP contribution in [-0.4, -0.2) is 158 Å². The van der Waals surface area contributed by atoms with Gasteiger partial charge in [0, 0.05) is 82.3 Å². The first-order valence-corrected chi connectivity index (χ1v) is 24.1. The van der Waals surface area contributed by atoms with Crippen molar-refractivity contribution < 1.29 is 37.2 Å². The lowest BCUT2D eigenvalue weighted by molar-refractivity contribution is -0.133. The lowest BCUT2D eigenvalue weighted by Gasteiger charge is -2.43. The quantitative estimate of drug-likeness (QED) is 0.149. The van der Waals surface area contributed by atoms with Gasteiger partial charge in [-0.1, -0.05) is 5.16 Å². The second kappa shape index (κ2) is 18.5. The standard InChI is InChI=1S/C47H56F2N14O6/c1-47(24-67-25-47)63-44-37(42(50)53-26-54-44)38(57-63)39-36(41(69-58-39)28-2-3-28)43-51-22-29(23-52-43)27-6-12-62(13-7-27)46(66)68-19-18-59-10-8-31(9-11-59)60-14-16-61(17-15-60)40-32(48)20-30(21-33(40)49)55-34-4-5-35(64)56-45(34)65/h20-23,26-28,31,34,55H,2-19,24-25H2,1H3,(H2,50,53,54)(H,56,64,65). The maximum atomic E-state index is 15.3. The number of fused-ring (bicyclic) bond motifs is 1. The van der Waals surface area contributed by atoms with Crippen molar-refractivity contribution in [3.8, 4) is 22.8 Å². The molecule has 0 bridgehead atoms. The summed E-state index contributed by atoms with van der Waals surface area (Å²) in [6, 6.07) is 2.06. The summed E-state index contributed by atoms with van der Waals surface area (Å²) < 4.78 is 49.7. The molecule has 22 heteroatoms. The third-order valence-electron chi connectivity index (χ3n) is 14.8. The summed E-state index contributed by atoms with van der Waals surface area (Å²) in [5, 5.41) is 15.2. The van der Waals surface area contributed by atoms with Gasteiger partial charge in [0.15, 0.2) is 28.9 Å². The second-order valence-corrected chi connectivity index (χ2v) is 19.5. The third-order valence-corrected chi connectivity index (χ3v) is 14.8. The number of nitrogens with one attached hydrogen (secondary N) is 2. The smallest absolute Gasteiger partial charge is 0.409 e. The highest BCUT2D eigenvalue weighted by Crippen LogP contribution is 2.48.